The number of nitrogens with zero attached hydrogens (tertiary/aromatic N) is 7. The normalized spacial score (nSPS) is 11.7. The van der Waals surface area contributed by atoms with Crippen LogP contribution in [0.3, 0.4) is 0 Å². The van der Waals surface area contributed by atoms with Crippen molar-refractivity contribution in [3.8, 4) is 12.0 Å². The Labute approximate surface area is 122 Å². The van der Waals surface area contributed by atoms with Crippen molar-refractivity contribution in [2.75, 3.05) is 26.1 Å². The summed E-state index contributed by atoms with van der Waals surface area (Å²) >= 11 is 0. The lowest BCUT2D eigenvalue weighted by Gasteiger charge is -2.31. The van der Waals surface area contributed by atoms with Crippen LogP contribution in [0.4, 0.5) is 5.95 Å². The van der Waals surface area contributed by atoms with Gasteiger partial charge in [-0.05, 0) is 27.9 Å². The second-order valence-electron chi connectivity index (χ2n) is 5.22. The van der Waals surface area contributed by atoms with Crippen LogP contribution in [0.2, 0.25) is 0 Å². The lowest BCUT2D eigenvalue weighted by Crippen LogP contribution is -2.43. The van der Waals surface area contributed by atoms with Crippen LogP contribution in [0, 0.1) is 0 Å². The van der Waals surface area contributed by atoms with Crippen LogP contribution >= 0.6 is 0 Å². The molecule has 10 nitrogen and oxygen atoms in total. The van der Waals surface area contributed by atoms with Crippen LogP contribution in [0.15, 0.2) is 12.7 Å². The molecule has 0 spiro atoms. The number of ether oxygens (including phenoxy) is 1. The van der Waals surface area contributed by atoms with Crippen LogP contribution in [-0.4, -0.2) is 60.9 Å². The molecule has 3 N–H and O–H groups in total. The molecule has 114 valence electrons. The maximum atomic E-state index is 5.65. The van der Waals surface area contributed by atoms with Crippen LogP contribution < -0.4 is 16.0 Å². The SMILES string of the molecule is CN(C)C(C)(C)COc1nc(NN)nc(-n2cncn2)n1. The fourth-order valence-electron chi connectivity index (χ4n) is 1.26. The third-order valence-electron chi connectivity index (χ3n) is 3.12. The highest BCUT2D eigenvalue weighted by molar-refractivity contribution is 5.28. The fraction of sp³-hybridized carbons (Fsp3) is 0.545. The van der Waals surface area contributed by atoms with Crippen molar-refractivity contribution in [1.82, 2.24) is 34.6 Å². The lowest BCUT2D eigenvalue weighted by molar-refractivity contribution is 0.107. The number of hydrogen-bond donors (Lipinski definition) is 2. The Balaban J connectivity index is 2.22. The van der Waals surface area contributed by atoms with Crippen molar-refractivity contribution in [2.24, 2.45) is 5.84 Å². The quantitative estimate of drug-likeness (QED) is 0.534. The van der Waals surface area contributed by atoms with Crippen molar-refractivity contribution in [1.29, 1.82) is 0 Å². The van der Waals surface area contributed by atoms with Gasteiger partial charge in [0, 0.05) is 5.54 Å². The summed E-state index contributed by atoms with van der Waals surface area (Å²) in [4.78, 5) is 18.2. The predicted molar refractivity (Wildman–Crippen MR) is 75.8 cm³/mol. The zero-order valence-corrected chi connectivity index (χ0v) is 12.5. The average Bonchev–Trinajstić information content (AvgIpc) is 2.99. The monoisotopic (exact) mass is 293 g/mol. The summed E-state index contributed by atoms with van der Waals surface area (Å²) in [6, 6.07) is 0.165. The Morgan fingerprint density at radius 1 is 1.33 bits per heavy atom. The molecule has 2 heterocycles. The fourth-order valence-corrected chi connectivity index (χ4v) is 1.26. The van der Waals surface area contributed by atoms with Gasteiger partial charge in [-0.1, -0.05) is 0 Å². The van der Waals surface area contributed by atoms with Gasteiger partial charge in [0.2, 0.25) is 5.95 Å². The molecule has 2 aromatic rings. The molecule has 2 aromatic heterocycles. The van der Waals surface area contributed by atoms with E-state index in [0.29, 0.717) is 6.61 Å². The zero-order chi connectivity index (χ0) is 15.5. The van der Waals surface area contributed by atoms with Gasteiger partial charge in [0.05, 0.1) is 0 Å². The summed E-state index contributed by atoms with van der Waals surface area (Å²) in [7, 11) is 3.95. The standard InChI is InChI=1S/C11H19N9O/c1-11(2,19(3)4)5-21-10-16-8(18-12)15-9(17-10)20-7-13-6-14-20/h6-7H,5,12H2,1-4H3,(H,15,16,17,18). The van der Waals surface area contributed by atoms with Crippen molar-refractivity contribution in [3.05, 3.63) is 12.7 Å². The van der Waals surface area contributed by atoms with E-state index < -0.39 is 0 Å². The topological polar surface area (TPSA) is 120 Å². The van der Waals surface area contributed by atoms with E-state index in [-0.39, 0.29) is 23.4 Å². The number of anilines is 1. The third-order valence-corrected chi connectivity index (χ3v) is 3.12. The molecule has 0 aliphatic heterocycles. The van der Waals surface area contributed by atoms with Gasteiger partial charge in [-0.15, -0.1) is 0 Å². The van der Waals surface area contributed by atoms with Gasteiger partial charge in [0.25, 0.3) is 5.95 Å². The van der Waals surface area contributed by atoms with E-state index >= 15 is 0 Å². The van der Waals surface area contributed by atoms with Crippen LogP contribution in [0.25, 0.3) is 5.95 Å². The largest absolute Gasteiger partial charge is 0.461 e. The number of likely N-dealkylation sites (N-methyl/N-ethyl adjacent to an activating group) is 1. The maximum absolute atomic E-state index is 5.65. The molecule has 0 aromatic carbocycles. The van der Waals surface area contributed by atoms with Gasteiger partial charge in [0.15, 0.2) is 0 Å². The molecule has 2 rings (SSSR count). The highest BCUT2D eigenvalue weighted by atomic mass is 16.5. The molecular formula is C11H19N9O. The van der Waals surface area contributed by atoms with Crippen molar-refractivity contribution < 1.29 is 4.74 Å². The summed E-state index contributed by atoms with van der Waals surface area (Å²) in [6.45, 7) is 4.51. The smallest absolute Gasteiger partial charge is 0.323 e. The highest BCUT2D eigenvalue weighted by Gasteiger charge is 2.22. The molecule has 0 atom stereocenters. The molecule has 0 bridgehead atoms. The molecule has 0 saturated carbocycles. The molecule has 0 amide bonds. The molecule has 10 heteroatoms. The van der Waals surface area contributed by atoms with Gasteiger partial charge in [-0.25, -0.2) is 10.8 Å². The molecule has 0 radical (unpaired) electrons. The molecule has 0 aliphatic carbocycles. The first kappa shape index (κ1) is 15.1. The minimum absolute atomic E-state index is 0.165. The number of aromatic nitrogens is 6. The summed E-state index contributed by atoms with van der Waals surface area (Å²) in [5.41, 5.74) is 2.21. The number of nitrogens with one attached hydrogen (secondary N) is 1. The number of hydrazine groups is 1. The van der Waals surface area contributed by atoms with E-state index in [9.17, 15) is 0 Å². The van der Waals surface area contributed by atoms with Crippen molar-refractivity contribution >= 4 is 5.95 Å². The van der Waals surface area contributed by atoms with Gasteiger partial charge in [0.1, 0.15) is 19.3 Å². The van der Waals surface area contributed by atoms with Gasteiger partial charge in [-0.2, -0.15) is 24.7 Å². The highest BCUT2D eigenvalue weighted by Crippen LogP contribution is 2.14. The molecule has 0 unspecified atom stereocenters. The molecule has 0 saturated heterocycles. The van der Waals surface area contributed by atoms with Crippen LogP contribution in [0.1, 0.15) is 13.8 Å². The van der Waals surface area contributed by atoms with Gasteiger partial charge >= 0.3 is 6.01 Å². The summed E-state index contributed by atoms with van der Waals surface area (Å²) in [5, 5.41) is 3.96. The Kier molecular flexibility index (Phi) is 4.29. The Morgan fingerprint density at radius 2 is 2.10 bits per heavy atom. The minimum atomic E-state index is -0.170. The zero-order valence-electron chi connectivity index (χ0n) is 12.5. The number of nitrogens with two attached hydrogens (primary N) is 1. The minimum Gasteiger partial charge on any atom is -0.461 e. The first-order chi connectivity index (χ1) is 9.92. The van der Waals surface area contributed by atoms with E-state index in [1.807, 2.05) is 14.1 Å². The van der Waals surface area contributed by atoms with E-state index in [4.69, 9.17) is 10.6 Å². The van der Waals surface area contributed by atoms with Crippen molar-refractivity contribution in [3.63, 3.8) is 0 Å². The predicted octanol–water partition coefficient (Wildman–Crippen LogP) is -0.543. The third kappa shape index (κ3) is 3.61. The van der Waals surface area contributed by atoms with Crippen LogP contribution in [-0.2, 0) is 0 Å². The lowest BCUT2D eigenvalue weighted by atomic mass is 10.1. The number of rotatable bonds is 6. The number of nitrogen functional groups attached to an aromatic ring is 1. The van der Waals surface area contributed by atoms with Gasteiger partial charge < -0.3 is 9.64 Å². The Bertz CT molecular complexity index is 581. The molecule has 0 fully saturated rings. The molecule has 0 aliphatic rings. The molecular weight excluding hydrogens is 274 g/mol. The second kappa shape index (κ2) is 5.97. The summed E-state index contributed by atoms with van der Waals surface area (Å²) in [5.74, 6) is 5.82. The number of hydrogen-bond acceptors (Lipinski definition) is 9. The van der Waals surface area contributed by atoms with E-state index in [1.54, 1.807) is 0 Å². The van der Waals surface area contributed by atoms with E-state index in [2.05, 4.69) is 49.2 Å². The summed E-state index contributed by atoms with van der Waals surface area (Å²) in [6.07, 6.45) is 2.86. The van der Waals surface area contributed by atoms with Crippen LogP contribution in [0.5, 0.6) is 6.01 Å². The Hall–Kier alpha value is -2.33. The van der Waals surface area contributed by atoms with E-state index in [1.165, 1.54) is 17.3 Å². The van der Waals surface area contributed by atoms with Crippen molar-refractivity contribution in [2.45, 2.75) is 19.4 Å². The molecule has 21 heavy (non-hydrogen) atoms. The second-order valence-corrected chi connectivity index (χ2v) is 5.22. The Morgan fingerprint density at radius 3 is 2.67 bits per heavy atom. The first-order valence-electron chi connectivity index (χ1n) is 6.30. The van der Waals surface area contributed by atoms with E-state index in [0.717, 1.165) is 0 Å². The maximum Gasteiger partial charge on any atom is 0.323 e. The van der Waals surface area contributed by atoms with Gasteiger partial charge in [-0.3, -0.25) is 5.43 Å². The first-order valence-corrected chi connectivity index (χ1v) is 6.30. The summed E-state index contributed by atoms with van der Waals surface area (Å²) < 4.78 is 7.05. The average molecular weight is 293 g/mol.